The highest BCUT2D eigenvalue weighted by Crippen LogP contribution is 2.17. The van der Waals surface area contributed by atoms with E-state index in [1.807, 2.05) is 0 Å². The van der Waals surface area contributed by atoms with Gasteiger partial charge in [0.25, 0.3) is 5.91 Å². The van der Waals surface area contributed by atoms with Crippen LogP contribution in [0.2, 0.25) is 0 Å². The van der Waals surface area contributed by atoms with Crippen molar-refractivity contribution >= 4 is 17.4 Å². The molecule has 1 heterocycles. The number of benzene rings is 1. The summed E-state index contributed by atoms with van der Waals surface area (Å²) in [7, 11) is 1.57. The summed E-state index contributed by atoms with van der Waals surface area (Å²) in [5.41, 5.74) is 6.44. The lowest BCUT2D eigenvalue weighted by atomic mass is 10.2. The number of rotatable bonds is 3. The molecular weight excluding hydrogens is 230 g/mol. The van der Waals surface area contributed by atoms with Gasteiger partial charge in [0.1, 0.15) is 17.3 Å². The van der Waals surface area contributed by atoms with Crippen LogP contribution in [0.5, 0.6) is 5.75 Å². The Kier molecular flexibility index (Phi) is 3.43. The molecule has 0 aliphatic rings. The van der Waals surface area contributed by atoms with Crippen molar-refractivity contribution in [3.63, 3.8) is 0 Å². The van der Waals surface area contributed by atoms with Crippen LogP contribution in [0.15, 0.2) is 42.5 Å². The molecule has 1 amide bonds. The summed E-state index contributed by atoms with van der Waals surface area (Å²) < 4.78 is 5.07. The van der Waals surface area contributed by atoms with Crippen LogP contribution in [-0.4, -0.2) is 18.0 Å². The highest BCUT2D eigenvalue weighted by atomic mass is 16.5. The molecule has 5 heteroatoms. The van der Waals surface area contributed by atoms with Gasteiger partial charge in [0.05, 0.1) is 7.11 Å². The van der Waals surface area contributed by atoms with Crippen molar-refractivity contribution in [1.82, 2.24) is 4.98 Å². The van der Waals surface area contributed by atoms with E-state index in [1.54, 1.807) is 49.6 Å². The predicted octanol–water partition coefficient (Wildman–Crippen LogP) is 1.92. The first kappa shape index (κ1) is 11.9. The van der Waals surface area contributed by atoms with Crippen LogP contribution in [0.1, 0.15) is 10.5 Å². The maximum atomic E-state index is 11.9. The number of carbonyl (C=O) groups is 1. The fraction of sp³-hybridized carbons (Fsp3) is 0.0769. The number of anilines is 2. The molecule has 1 aromatic heterocycles. The number of ether oxygens (including phenoxy) is 1. The zero-order valence-corrected chi connectivity index (χ0v) is 9.88. The number of carbonyl (C=O) groups excluding carboxylic acids is 1. The van der Waals surface area contributed by atoms with E-state index in [2.05, 4.69) is 10.3 Å². The first-order valence-corrected chi connectivity index (χ1v) is 5.37. The number of methoxy groups -OCH3 is 1. The second kappa shape index (κ2) is 5.18. The maximum absolute atomic E-state index is 11.9. The summed E-state index contributed by atoms with van der Waals surface area (Å²) in [6.07, 6.45) is 0. The number of nitrogens with two attached hydrogens (primary N) is 1. The summed E-state index contributed by atoms with van der Waals surface area (Å²) in [6, 6.07) is 12.0. The van der Waals surface area contributed by atoms with Crippen molar-refractivity contribution in [2.24, 2.45) is 0 Å². The zero-order chi connectivity index (χ0) is 13.0. The first-order chi connectivity index (χ1) is 8.69. The molecule has 0 radical (unpaired) electrons. The third kappa shape index (κ3) is 2.76. The topological polar surface area (TPSA) is 77.2 Å². The van der Waals surface area contributed by atoms with Gasteiger partial charge in [-0.2, -0.15) is 0 Å². The second-order valence-electron chi connectivity index (χ2n) is 3.63. The van der Waals surface area contributed by atoms with E-state index in [9.17, 15) is 4.79 Å². The van der Waals surface area contributed by atoms with Crippen LogP contribution in [0, 0.1) is 0 Å². The van der Waals surface area contributed by atoms with Gasteiger partial charge in [-0.3, -0.25) is 4.79 Å². The third-order valence-electron chi connectivity index (χ3n) is 2.33. The molecule has 0 fully saturated rings. The normalized spacial score (nSPS) is 9.83. The summed E-state index contributed by atoms with van der Waals surface area (Å²) >= 11 is 0. The van der Waals surface area contributed by atoms with Gasteiger partial charge in [-0.1, -0.05) is 12.1 Å². The predicted molar refractivity (Wildman–Crippen MR) is 69.6 cm³/mol. The van der Waals surface area contributed by atoms with Crippen molar-refractivity contribution in [2.45, 2.75) is 0 Å². The molecule has 0 unspecified atom stereocenters. The molecule has 0 atom stereocenters. The highest BCUT2D eigenvalue weighted by Gasteiger charge is 2.08. The van der Waals surface area contributed by atoms with Crippen LogP contribution in [0.25, 0.3) is 0 Å². The second-order valence-corrected chi connectivity index (χ2v) is 3.63. The Morgan fingerprint density at radius 1 is 1.28 bits per heavy atom. The van der Waals surface area contributed by atoms with Gasteiger partial charge < -0.3 is 15.8 Å². The van der Waals surface area contributed by atoms with E-state index in [0.717, 1.165) is 0 Å². The van der Waals surface area contributed by atoms with E-state index in [0.29, 0.717) is 17.3 Å². The minimum atomic E-state index is -0.310. The zero-order valence-electron chi connectivity index (χ0n) is 9.88. The van der Waals surface area contributed by atoms with Crippen LogP contribution in [0.3, 0.4) is 0 Å². The molecule has 2 aromatic rings. The van der Waals surface area contributed by atoms with E-state index < -0.39 is 0 Å². The number of hydrogen-bond acceptors (Lipinski definition) is 4. The largest absolute Gasteiger partial charge is 0.497 e. The van der Waals surface area contributed by atoms with Crippen LogP contribution < -0.4 is 15.8 Å². The van der Waals surface area contributed by atoms with Gasteiger partial charge in [-0.15, -0.1) is 0 Å². The molecule has 18 heavy (non-hydrogen) atoms. The van der Waals surface area contributed by atoms with Gasteiger partial charge >= 0.3 is 0 Å². The smallest absolute Gasteiger partial charge is 0.274 e. The molecule has 0 saturated carbocycles. The van der Waals surface area contributed by atoms with Crippen LogP contribution in [-0.2, 0) is 0 Å². The van der Waals surface area contributed by atoms with Crippen molar-refractivity contribution in [3.05, 3.63) is 48.2 Å². The molecule has 92 valence electrons. The van der Waals surface area contributed by atoms with Gasteiger partial charge in [0.15, 0.2) is 0 Å². The van der Waals surface area contributed by atoms with Gasteiger partial charge in [-0.05, 0) is 24.3 Å². The first-order valence-electron chi connectivity index (χ1n) is 5.37. The van der Waals surface area contributed by atoms with Crippen molar-refractivity contribution in [1.29, 1.82) is 0 Å². The number of nitrogens with zero attached hydrogens (tertiary/aromatic N) is 1. The van der Waals surface area contributed by atoms with Crippen molar-refractivity contribution in [2.75, 3.05) is 18.2 Å². The molecule has 1 aromatic carbocycles. The Hall–Kier alpha value is -2.56. The lowest BCUT2D eigenvalue weighted by Crippen LogP contribution is -2.14. The number of nitrogens with one attached hydrogen (secondary N) is 1. The Morgan fingerprint density at radius 2 is 2.06 bits per heavy atom. The number of pyridine rings is 1. The quantitative estimate of drug-likeness (QED) is 0.863. The Balaban J connectivity index is 2.16. The standard InChI is InChI=1S/C13H13N3O2/c1-18-10-5-2-4-9(8-10)15-13(17)11-6-3-7-12(14)16-11/h2-8H,1H3,(H2,14,16)(H,15,17). The van der Waals surface area contributed by atoms with E-state index >= 15 is 0 Å². The average Bonchev–Trinajstić information content (AvgIpc) is 2.39. The van der Waals surface area contributed by atoms with E-state index in [1.165, 1.54) is 0 Å². The summed E-state index contributed by atoms with van der Waals surface area (Å²) in [4.78, 5) is 15.8. The number of amides is 1. The van der Waals surface area contributed by atoms with Gasteiger partial charge in [0, 0.05) is 11.8 Å². The molecule has 3 N–H and O–H groups in total. The Bertz CT molecular complexity index is 570. The monoisotopic (exact) mass is 243 g/mol. The lowest BCUT2D eigenvalue weighted by Gasteiger charge is -2.06. The summed E-state index contributed by atoms with van der Waals surface area (Å²) in [6.45, 7) is 0. The Labute approximate surface area is 105 Å². The van der Waals surface area contributed by atoms with E-state index in [-0.39, 0.29) is 11.6 Å². The molecule has 0 saturated heterocycles. The molecule has 0 aliphatic carbocycles. The minimum Gasteiger partial charge on any atom is -0.497 e. The Morgan fingerprint density at radius 3 is 2.78 bits per heavy atom. The van der Waals surface area contributed by atoms with Crippen molar-refractivity contribution in [3.8, 4) is 5.75 Å². The number of nitrogen functional groups attached to an aromatic ring is 1. The van der Waals surface area contributed by atoms with Gasteiger partial charge in [0.2, 0.25) is 0 Å². The number of hydrogen-bond donors (Lipinski definition) is 2. The molecule has 2 rings (SSSR count). The van der Waals surface area contributed by atoms with E-state index in [4.69, 9.17) is 10.5 Å². The molecule has 0 bridgehead atoms. The number of aromatic nitrogens is 1. The maximum Gasteiger partial charge on any atom is 0.274 e. The average molecular weight is 243 g/mol. The summed E-state index contributed by atoms with van der Waals surface area (Å²) in [5.74, 6) is 0.678. The highest BCUT2D eigenvalue weighted by molar-refractivity contribution is 6.03. The van der Waals surface area contributed by atoms with Gasteiger partial charge in [-0.25, -0.2) is 4.98 Å². The molecular formula is C13H13N3O2. The molecule has 0 aliphatic heterocycles. The van der Waals surface area contributed by atoms with Crippen molar-refractivity contribution < 1.29 is 9.53 Å². The third-order valence-corrected chi connectivity index (χ3v) is 2.33. The van der Waals surface area contributed by atoms with Crippen LogP contribution in [0.4, 0.5) is 11.5 Å². The van der Waals surface area contributed by atoms with Crippen LogP contribution >= 0.6 is 0 Å². The SMILES string of the molecule is COc1cccc(NC(=O)c2cccc(N)n2)c1. The lowest BCUT2D eigenvalue weighted by molar-refractivity contribution is 0.102. The fourth-order valence-electron chi connectivity index (χ4n) is 1.47. The molecule has 0 spiro atoms. The molecule has 5 nitrogen and oxygen atoms in total. The summed E-state index contributed by atoms with van der Waals surface area (Å²) in [5, 5.41) is 2.72. The fourth-order valence-corrected chi connectivity index (χ4v) is 1.47. The minimum absolute atomic E-state index is 0.276.